The summed E-state index contributed by atoms with van der Waals surface area (Å²) in [4.78, 5) is 24.2. The van der Waals surface area contributed by atoms with Crippen molar-refractivity contribution in [2.75, 3.05) is 18.9 Å². The first kappa shape index (κ1) is 18.7. The highest BCUT2D eigenvalue weighted by atomic mass is 35.5. The fraction of sp³-hybridized carbons (Fsp3) is 0.556. The summed E-state index contributed by atoms with van der Waals surface area (Å²) in [6, 6.07) is 3.86. The predicted octanol–water partition coefficient (Wildman–Crippen LogP) is 2.79. The van der Waals surface area contributed by atoms with Crippen LogP contribution in [0.2, 0.25) is 5.02 Å². The van der Waals surface area contributed by atoms with Gasteiger partial charge in [-0.1, -0.05) is 30.5 Å². The van der Waals surface area contributed by atoms with E-state index in [1.54, 1.807) is 7.05 Å². The minimum absolute atomic E-state index is 0.0408. The Hall–Kier alpha value is -1.59. The summed E-state index contributed by atoms with van der Waals surface area (Å²) in [6.07, 6.45) is 3.91. The van der Waals surface area contributed by atoms with Crippen molar-refractivity contribution in [2.45, 2.75) is 45.6 Å². The number of rotatable bonds is 5. The van der Waals surface area contributed by atoms with Crippen molar-refractivity contribution < 1.29 is 9.59 Å². The van der Waals surface area contributed by atoms with Crippen molar-refractivity contribution >= 4 is 29.1 Å². The van der Waals surface area contributed by atoms with Crippen LogP contribution in [0.4, 0.5) is 5.69 Å². The Kier molecular flexibility index (Phi) is 6.63. The number of hydrogen-bond acceptors (Lipinski definition) is 3. The van der Waals surface area contributed by atoms with Gasteiger partial charge < -0.3 is 16.0 Å². The molecule has 0 aliphatic heterocycles. The van der Waals surface area contributed by atoms with Crippen molar-refractivity contribution in [3.63, 3.8) is 0 Å². The second kappa shape index (κ2) is 8.49. The molecule has 0 spiro atoms. The first-order valence-corrected chi connectivity index (χ1v) is 8.81. The summed E-state index contributed by atoms with van der Waals surface area (Å²) in [5.74, 6) is -0.170. The molecule has 0 unspecified atom stereocenters. The Morgan fingerprint density at radius 3 is 2.58 bits per heavy atom. The second-order valence-corrected chi connectivity index (χ2v) is 6.89. The van der Waals surface area contributed by atoms with E-state index in [4.69, 9.17) is 11.6 Å². The summed E-state index contributed by atoms with van der Waals surface area (Å²) in [6.45, 7) is 4.06. The Bertz CT molecular complexity index is 595. The molecule has 1 aromatic carbocycles. The molecule has 24 heavy (non-hydrogen) atoms. The molecule has 1 aliphatic carbocycles. The van der Waals surface area contributed by atoms with Gasteiger partial charge in [0, 0.05) is 13.1 Å². The van der Waals surface area contributed by atoms with Crippen LogP contribution in [0.5, 0.6) is 0 Å². The predicted molar refractivity (Wildman–Crippen MR) is 97.4 cm³/mol. The van der Waals surface area contributed by atoms with Crippen LogP contribution in [0.1, 0.15) is 36.8 Å². The van der Waals surface area contributed by atoms with Gasteiger partial charge in [-0.15, -0.1) is 0 Å². The number of hydrogen-bond donors (Lipinski definition) is 3. The van der Waals surface area contributed by atoms with Crippen LogP contribution in [0.3, 0.4) is 0 Å². The maximum atomic E-state index is 12.3. The molecule has 1 aliphatic rings. The van der Waals surface area contributed by atoms with Crippen LogP contribution in [0.25, 0.3) is 0 Å². The summed E-state index contributed by atoms with van der Waals surface area (Å²) in [5.41, 5.74) is 2.65. The van der Waals surface area contributed by atoms with Crippen LogP contribution in [-0.2, 0) is 9.59 Å². The van der Waals surface area contributed by atoms with E-state index in [1.807, 2.05) is 26.0 Å². The lowest BCUT2D eigenvalue weighted by Crippen LogP contribution is -2.47. The lowest BCUT2D eigenvalue weighted by molar-refractivity contribution is -0.126. The first-order chi connectivity index (χ1) is 11.4. The molecule has 132 valence electrons. The van der Waals surface area contributed by atoms with Gasteiger partial charge in [0.05, 0.1) is 23.2 Å². The molecule has 2 amide bonds. The minimum Gasteiger partial charge on any atom is -0.359 e. The fourth-order valence-electron chi connectivity index (χ4n) is 3.36. The molecule has 0 saturated heterocycles. The van der Waals surface area contributed by atoms with E-state index in [9.17, 15) is 9.59 Å². The Morgan fingerprint density at radius 1 is 1.21 bits per heavy atom. The van der Waals surface area contributed by atoms with Crippen molar-refractivity contribution in [2.24, 2.45) is 5.92 Å². The van der Waals surface area contributed by atoms with Gasteiger partial charge in [0.25, 0.3) is 0 Å². The third kappa shape index (κ3) is 4.71. The zero-order valence-electron chi connectivity index (χ0n) is 14.5. The van der Waals surface area contributed by atoms with Crippen molar-refractivity contribution in [3.8, 4) is 0 Å². The van der Waals surface area contributed by atoms with Gasteiger partial charge in [-0.3, -0.25) is 9.59 Å². The molecule has 0 aromatic heterocycles. The molecule has 6 heteroatoms. The van der Waals surface area contributed by atoms with E-state index < -0.39 is 0 Å². The van der Waals surface area contributed by atoms with Gasteiger partial charge in [-0.05, 0) is 43.9 Å². The number of halogens is 1. The van der Waals surface area contributed by atoms with Crippen molar-refractivity contribution in [1.29, 1.82) is 0 Å². The van der Waals surface area contributed by atoms with Crippen molar-refractivity contribution in [3.05, 3.63) is 28.3 Å². The Balaban J connectivity index is 1.94. The highest BCUT2D eigenvalue weighted by Gasteiger charge is 2.30. The molecule has 1 saturated carbocycles. The van der Waals surface area contributed by atoms with E-state index in [1.165, 1.54) is 0 Å². The average Bonchev–Trinajstić information content (AvgIpc) is 2.55. The summed E-state index contributed by atoms with van der Waals surface area (Å²) >= 11 is 6.22. The maximum absolute atomic E-state index is 12.3. The summed E-state index contributed by atoms with van der Waals surface area (Å²) in [5, 5.41) is 9.37. The smallest absolute Gasteiger partial charge is 0.238 e. The minimum atomic E-state index is -0.148. The molecule has 0 heterocycles. The van der Waals surface area contributed by atoms with Gasteiger partial charge in [0.1, 0.15) is 0 Å². The van der Waals surface area contributed by atoms with E-state index in [2.05, 4.69) is 16.0 Å². The molecule has 0 radical (unpaired) electrons. The average molecular weight is 352 g/mol. The summed E-state index contributed by atoms with van der Waals surface area (Å²) < 4.78 is 0. The fourth-order valence-corrected chi connectivity index (χ4v) is 3.72. The van der Waals surface area contributed by atoms with E-state index >= 15 is 0 Å². The summed E-state index contributed by atoms with van der Waals surface area (Å²) in [7, 11) is 1.66. The Morgan fingerprint density at radius 2 is 1.92 bits per heavy atom. The van der Waals surface area contributed by atoms with E-state index in [0.29, 0.717) is 10.7 Å². The standard InChI is InChI=1S/C18H26ClN3O2/c1-11-8-12(2)17(14(19)9-11)22-16(23)10-21-15-7-5-4-6-13(15)18(24)20-3/h8-9,13,15,21H,4-7,10H2,1-3H3,(H,20,24)(H,22,23)/t13-,15-/m1/s1. The third-order valence-electron chi connectivity index (χ3n) is 4.57. The molecule has 1 aromatic rings. The van der Waals surface area contributed by atoms with Gasteiger partial charge >= 0.3 is 0 Å². The highest BCUT2D eigenvalue weighted by Crippen LogP contribution is 2.27. The van der Waals surface area contributed by atoms with E-state index in [0.717, 1.165) is 36.8 Å². The molecule has 0 bridgehead atoms. The number of carbonyl (C=O) groups excluding carboxylic acids is 2. The second-order valence-electron chi connectivity index (χ2n) is 6.48. The third-order valence-corrected chi connectivity index (χ3v) is 4.87. The molecular weight excluding hydrogens is 326 g/mol. The zero-order chi connectivity index (χ0) is 17.7. The van der Waals surface area contributed by atoms with Crippen LogP contribution < -0.4 is 16.0 Å². The highest BCUT2D eigenvalue weighted by molar-refractivity contribution is 6.34. The molecule has 2 atom stereocenters. The van der Waals surface area contributed by atoms with Crippen molar-refractivity contribution in [1.82, 2.24) is 10.6 Å². The van der Waals surface area contributed by atoms with Crippen LogP contribution in [0, 0.1) is 19.8 Å². The molecule has 5 nitrogen and oxygen atoms in total. The first-order valence-electron chi connectivity index (χ1n) is 8.44. The molecule has 1 fully saturated rings. The van der Waals surface area contributed by atoms with Crippen LogP contribution in [-0.4, -0.2) is 31.4 Å². The molecule has 3 N–H and O–H groups in total. The van der Waals surface area contributed by atoms with Gasteiger partial charge in [0.15, 0.2) is 0 Å². The number of aryl methyl sites for hydroxylation is 2. The topological polar surface area (TPSA) is 70.2 Å². The number of anilines is 1. The largest absolute Gasteiger partial charge is 0.359 e. The maximum Gasteiger partial charge on any atom is 0.238 e. The number of carbonyl (C=O) groups is 2. The van der Waals surface area contributed by atoms with Crippen LogP contribution in [0.15, 0.2) is 12.1 Å². The monoisotopic (exact) mass is 351 g/mol. The molecular formula is C18H26ClN3O2. The van der Waals surface area contributed by atoms with Crippen LogP contribution >= 0.6 is 11.6 Å². The zero-order valence-corrected chi connectivity index (χ0v) is 15.3. The normalized spacial score (nSPS) is 20.5. The lowest BCUT2D eigenvalue weighted by Gasteiger charge is -2.30. The molecule has 2 rings (SSSR count). The number of nitrogens with one attached hydrogen (secondary N) is 3. The lowest BCUT2D eigenvalue weighted by atomic mass is 9.84. The van der Waals surface area contributed by atoms with Gasteiger partial charge in [-0.2, -0.15) is 0 Å². The van der Waals surface area contributed by atoms with Gasteiger partial charge in [-0.25, -0.2) is 0 Å². The Labute approximate surface area is 148 Å². The van der Waals surface area contributed by atoms with E-state index in [-0.39, 0.29) is 30.3 Å². The number of amides is 2. The SMILES string of the molecule is CNC(=O)[C@@H]1CCCC[C@H]1NCC(=O)Nc1c(C)cc(C)cc1Cl. The van der Waals surface area contributed by atoms with Gasteiger partial charge in [0.2, 0.25) is 11.8 Å². The quantitative estimate of drug-likeness (QED) is 0.764. The number of benzene rings is 1.